The van der Waals surface area contributed by atoms with E-state index in [0.29, 0.717) is 24.3 Å². The first-order valence-electron chi connectivity index (χ1n) is 8.20. The highest BCUT2D eigenvalue weighted by Gasteiger charge is 2.29. The molecule has 0 aromatic rings. The molecule has 3 heterocycles. The summed E-state index contributed by atoms with van der Waals surface area (Å²) in [6.07, 6.45) is 1.84. The average Bonchev–Trinajstić information content (AvgIpc) is 2.98. The fraction of sp³-hybridized carbons (Fsp3) is 0.933. The molecule has 0 bridgehead atoms. The molecule has 21 heavy (non-hydrogen) atoms. The maximum Gasteiger partial charge on any atom is 0.224 e. The summed E-state index contributed by atoms with van der Waals surface area (Å²) in [6, 6.07) is 0.384. The zero-order chi connectivity index (χ0) is 14.5. The Kier molecular flexibility index (Phi) is 5.80. The molecule has 3 fully saturated rings. The van der Waals surface area contributed by atoms with Crippen molar-refractivity contribution < 1.29 is 9.53 Å². The van der Waals surface area contributed by atoms with Gasteiger partial charge in [-0.15, -0.1) is 0 Å². The Morgan fingerprint density at radius 1 is 1.29 bits per heavy atom. The number of nitrogens with one attached hydrogen (secondary N) is 1. The van der Waals surface area contributed by atoms with Gasteiger partial charge in [0.2, 0.25) is 5.91 Å². The summed E-state index contributed by atoms with van der Waals surface area (Å²) in [6.45, 7) is 7.90. The van der Waals surface area contributed by atoms with Gasteiger partial charge < -0.3 is 15.0 Å². The van der Waals surface area contributed by atoms with Gasteiger partial charge in [0.25, 0.3) is 0 Å². The molecular formula is C15H27N3O2S. The SMILES string of the molecule is O=C(CC1CSCCN1)N1CCC(CN2CCOCC2)C1. The molecule has 3 saturated heterocycles. The van der Waals surface area contributed by atoms with Gasteiger partial charge in [-0.25, -0.2) is 0 Å². The van der Waals surface area contributed by atoms with Gasteiger partial charge in [0.05, 0.1) is 13.2 Å². The second-order valence-corrected chi connectivity index (χ2v) is 7.49. The molecule has 0 aromatic carbocycles. The molecule has 0 aliphatic carbocycles. The van der Waals surface area contributed by atoms with Crippen molar-refractivity contribution in [1.82, 2.24) is 15.1 Å². The number of hydrogen-bond acceptors (Lipinski definition) is 5. The lowest BCUT2D eigenvalue weighted by Crippen LogP contribution is -2.43. The van der Waals surface area contributed by atoms with Crippen LogP contribution in [0.25, 0.3) is 0 Å². The molecule has 120 valence electrons. The minimum atomic E-state index is 0.347. The molecule has 6 heteroatoms. The fourth-order valence-corrected chi connectivity index (χ4v) is 4.40. The Morgan fingerprint density at radius 2 is 2.14 bits per heavy atom. The Morgan fingerprint density at radius 3 is 2.90 bits per heavy atom. The Balaban J connectivity index is 1.39. The number of thioether (sulfide) groups is 1. The van der Waals surface area contributed by atoms with Crippen LogP contribution in [0.2, 0.25) is 0 Å². The average molecular weight is 313 g/mol. The molecule has 3 aliphatic heterocycles. The summed E-state index contributed by atoms with van der Waals surface area (Å²) in [5.41, 5.74) is 0. The smallest absolute Gasteiger partial charge is 0.224 e. The van der Waals surface area contributed by atoms with E-state index < -0.39 is 0 Å². The maximum atomic E-state index is 12.4. The largest absolute Gasteiger partial charge is 0.379 e. The van der Waals surface area contributed by atoms with E-state index in [0.717, 1.165) is 64.7 Å². The van der Waals surface area contributed by atoms with Crippen LogP contribution in [-0.4, -0.2) is 85.7 Å². The number of hydrogen-bond donors (Lipinski definition) is 1. The van der Waals surface area contributed by atoms with Gasteiger partial charge in [-0.2, -0.15) is 11.8 Å². The highest BCUT2D eigenvalue weighted by Crippen LogP contribution is 2.20. The number of carbonyl (C=O) groups is 1. The summed E-state index contributed by atoms with van der Waals surface area (Å²) in [5.74, 6) is 3.26. The van der Waals surface area contributed by atoms with Gasteiger partial charge in [-0.05, 0) is 12.3 Å². The van der Waals surface area contributed by atoms with Gasteiger partial charge in [0, 0.05) is 63.2 Å². The zero-order valence-corrected chi connectivity index (χ0v) is 13.6. The minimum absolute atomic E-state index is 0.347. The predicted molar refractivity (Wildman–Crippen MR) is 85.7 cm³/mol. The lowest BCUT2D eigenvalue weighted by Gasteiger charge is -2.29. The lowest BCUT2D eigenvalue weighted by atomic mass is 10.1. The minimum Gasteiger partial charge on any atom is -0.379 e. The Bertz CT molecular complexity index is 344. The second-order valence-electron chi connectivity index (χ2n) is 6.34. The third-order valence-electron chi connectivity index (χ3n) is 4.68. The van der Waals surface area contributed by atoms with Crippen molar-refractivity contribution in [3.05, 3.63) is 0 Å². The molecule has 0 aromatic heterocycles. The molecule has 5 nitrogen and oxygen atoms in total. The van der Waals surface area contributed by atoms with E-state index in [1.54, 1.807) is 0 Å². The van der Waals surface area contributed by atoms with Gasteiger partial charge in [0.1, 0.15) is 0 Å². The van der Waals surface area contributed by atoms with Crippen molar-refractivity contribution in [2.45, 2.75) is 18.9 Å². The van der Waals surface area contributed by atoms with E-state index in [-0.39, 0.29) is 0 Å². The summed E-state index contributed by atoms with van der Waals surface area (Å²) >= 11 is 1.96. The summed E-state index contributed by atoms with van der Waals surface area (Å²) < 4.78 is 5.39. The summed E-state index contributed by atoms with van der Waals surface area (Å²) in [5, 5.41) is 3.46. The van der Waals surface area contributed by atoms with Crippen molar-refractivity contribution in [3.63, 3.8) is 0 Å². The van der Waals surface area contributed by atoms with Crippen LogP contribution >= 0.6 is 11.8 Å². The van der Waals surface area contributed by atoms with Crippen LogP contribution in [0.3, 0.4) is 0 Å². The van der Waals surface area contributed by atoms with Crippen molar-refractivity contribution in [2.75, 3.05) is 64.0 Å². The normalized spacial score (nSPS) is 31.5. The molecule has 0 radical (unpaired) electrons. The van der Waals surface area contributed by atoms with Crippen LogP contribution in [0.5, 0.6) is 0 Å². The van der Waals surface area contributed by atoms with E-state index in [9.17, 15) is 4.79 Å². The summed E-state index contributed by atoms with van der Waals surface area (Å²) in [7, 11) is 0. The number of rotatable bonds is 4. The highest BCUT2D eigenvalue weighted by molar-refractivity contribution is 7.99. The number of nitrogens with zero attached hydrogens (tertiary/aromatic N) is 2. The first-order valence-corrected chi connectivity index (χ1v) is 9.36. The summed E-state index contributed by atoms with van der Waals surface area (Å²) in [4.78, 5) is 17.0. The molecular weight excluding hydrogens is 286 g/mol. The predicted octanol–water partition coefficient (Wildman–Crippen LogP) is 0.262. The first-order chi connectivity index (χ1) is 10.3. The van der Waals surface area contributed by atoms with Crippen LogP contribution in [0.4, 0.5) is 0 Å². The van der Waals surface area contributed by atoms with Crippen molar-refractivity contribution in [2.24, 2.45) is 5.92 Å². The molecule has 1 amide bonds. The number of carbonyl (C=O) groups excluding carboxylic acids is 1. The van der Waals surface area contributed by atoms with Gasteiger partial charge in [0.15, 0.2) is 0 Å². The van der Waals surface area contributed by atoms with E-state index >= 15 is 0 Å². The standard InChI is InChI=1S/C15H27N3O2S/c19-15(9-14-12-21-8-2-16-14)18-3-1-13(11-18)10-17-4-6-20-7-5-17/h13-14,16H,1-12H2. The molecule has 1 N–H and O–H groups in total. The van der Waals surface area contributed by atoms with Crippen molar-refractivity contribution in [3.8, 4) is 0 Å². The van der Waals surface area contributed by atoms with Gasteiger partial charge in [-0.3, -0.25) is 9.69 Å². The van der Waals surface area contributed by atoms with E-state index in [1.165, 1.54) is 5.75 Å². The maximum absolute atomic E-state index is 12.4. The monoisotopic (exact) mass is 313 g/mol. The number of ether oxygens (including phenoxy) is 1. The molecule has 0 spiro atoms. The lowest BCUT2D eigenvalue weighted by molar-refractivity contribution is -0.130. The molecule has 3 rings (SSSR count). The zero-order valence-electron chi connectivity index (χ0n) is 12.8. The van der Waals surface area contributed by atoms with Crippen LogP contribution in [0.1, 0.15) is 12.8 Å². The molecule has 3 aliphatic rings. The van der Waals surface area contributed by atoms with E-state index in [2.05, 4.69) is 15.1 Å². The van der Waals surface area contributed by atoms with E-state index in [4.69, 9.17) is 4.74 Å². The Labute approximate surface area is 131 Å². The quantitative estimate of drug-likeness (QED) is 0.807. The number of morpholine rings is 1. The van der Waals surface area contributed by atoms with E-state index in [1.807, 2.05) is 11.8 Å². The van der Waals surface area contributed by atoms with Crippen molar-refractivity contribution in [1.29, 1.82) is 0 Å². The topological polar surface area (TPSA) is 44.8 Å². The van der Waals surface area contributed by atoms with Crippen LogP contribution in [0, 0.1) is 5.92 Å². The fourth-order valence-electron chi connectivity index (χ4n) is 3.45. The van der Waals surface area contributed by atoms with Gasteiger partial charge in [-0.1, -0.05) is 0 Å². The molecule has 2 unspecified atom stereocenters. The Hall–Kier alpha value is -0.300. The third-order valence-corrected chi connectivity index (χ3v) is 5.81. The third kappa shape index (κ3) is 4.58. The first kappa shape index (κ1) is 15.6. The van der Waals surface area contributed by atoms with Crippen LogP contribution in [-0.2, 0) is 9.53 Å². The van der Waals surface area contributed by atoms with Crippen LogP contribution < -0.4 is 5.32 Å². The number of amides is 1. The molecule has 0 saturated carbocycles. The molecule has 2 atom stereocenters. The number of likely N-dealkylation sites (tertiary alicyclic amines) is 1. The van der Waals surface area contributed by atoms with Crippen LogP contribution in [0.15, 0.2) is 0 Å². The highest BCUT2D eigenvalue weighted by atomic mass is 32.2. The van der Waals surface area contributed by atoms with Crippen molar-refractivity contribution >= 4 is 17.7 Å². The second kappa shape index (κ2) is 7.81. The van der Waals surface area contributed by atoms with Gasteiger partial charge >= 0.3 is 0 Å².